The second-order valence-electron chi connectivity index (χ2n) is 7.00. The highest BCUT2D eigenvalue weighted by Crippen LogP contribution is 2.27. The highest BCUT2D eigenvalue weighted by atomic mass is 32.2. The lowest BCUT2D eigenvalue weighted by atomic mass is 9.87. The summed E-state index contributed by atoms with van der Waals surface area (Å²) in [5.74, 6) is 1.68. The number of thioether (sulfide) groups is 1. The largest absolute Gasteiger partial charge is 0.254 e. The Labute approximate surface area is 145 Å². The summed E-state index contributed by atoms with van der Waals surface area (Å²) in [4.78, 5) is 4.56. The number of imidazole rings is 1. The monoisotopic (exact) mass is 336 g/mol. The number of aromatic nitrogens is 4. The molecule has 0 aliphatic rings. The Balaban J connectivity index is 1.59. The van der Waals surface area contributed by atoms with E-state index in [-0.39, 0.29) is 5.41 Å². The molecule has 2 aromatic carbocycles. The summed E-state index contributed by atoms with van der Waals surface area (Å²) < 4.78 is 2.09. The van der Waals surface area contributed by atoms with Crippen LogP contribution in [0.15, 0.2) is 53.7 Å². The highest BCUT2D eigenvalue weighted by molar-refractivity contribution is 7.98. The highest BCUT2D eigenvalue weighted by Gasteiger charge is 2.14. The molecule has 0 radical (unpaired) electrons. The fraction of sp³-hybridized carbons (Fsp3) is 0.263. The minimum atomic E-state index is 0.190. The van der Waals surface area contributed by atoms with E-state index in [1.54, 1.807) is 11.8 Å². The molecule has 0 amide bonds. The van der Waals surface area contributed by atoms with Gasteiger partial charge in [-0.05, 0) is 28.7 Å². The molecule has 4 nitrogen and oxygen atoms in total. The number of aromatic amines is 1. The lowest BCUT2D eigenvalue weighted by Gasteiger charge is -2.19. The van der Waals surface area contributed by atoms with Crippen molar-refractivity contribution in [3.8, 4) is 0 Å². The van der Waals surface area contributed by atoms with Crippen LogP contribution in [-0.4, -0.2) is 19.6 Å². The number of H-pyrrole nitrogens is 1. The smallest absolute Gasteiger partial charge is 0.231 e. The number of hydrogen-bond acceptors (Lipinski definition) is 3. The molecular weight excluding hydrogens is 316 g/mol. The van der Waals surface area contributed by atoms with Crippen LogP contribution in [-0.2, 0) is 11.2 Å². The maximum atomic E-state index is 4.56. The second-order valence-corrected chi connectivity index (χ2v) is 7.94. The van der Waals surface area contributed by atoms with Gasteiger partial charge in [0.15, 0.2) is 5.16 Å². The van der Waals surface area contributed by atoms with Crippen molar-refractivity contribution >= 4 is 28.6 Å². The van der Waals surface area contributed by atoms with Gasteiger partial charge in [-0.15, -0.1) is 5.10 Å². The van der Waals surface area contributed by atoms with Crippen LogP contribution in [0.2, 0.25) is 0 Å². The average Bonchev–Trinajstić information content (AvgIpc) is 3.11. The van der Waals surface area contributed by atoms with Gasteiger partial charge in [0, 0.05) is 5.75 Å². The Kier molecular flexibility index (Phi) is 3.61. The van der Waals surface area contributed by atoms with Crippen molar-refractivity contribution < 1.29 is 0 Å². The molecule has 0 saturated carbocycles. The van der Waals surface area contributed by atoms with Crippen LogP contribution in [0.3, 0.4) is 0 Å². The van der Waals surface area contributed by atoms with Crippen molar-refractivity contribution in [3.63, 3.8) is 0 Å². The van der Waals surface area contributed by atoms with Gasteiger partial charge >= 0.3 is 0 Å². The first kappa shape index (κ1) is 15.3. The van der Waals surface area contributed by atoms with E-state index in [0.29, 0.717) is 0 Å². The molecule has 0 atom stereocenters. The molecule has 0 spiro atoms. The van der Waals surface area contributed by atoms with Crippen molar-refractivity contribution in [3.05, 3.63) is 59.7 Å². The fourth-order valence-corrected chi connectivity index (χ4v) is 3.70. The van der Waals surface area contributed by atoms with Gasteiger partial charge in [0.25, 0.3) is 0 Å². The fourth-order valence-electron chi connectivity index (χ4n) is 2.79. The van der Waals surface area contributed by atoms with Crippen LogP contribution in [0.4, 0.5) is 0 Å². The van der Waals surface area contributed by atoms with Crippen LogP contribution >= 0.6 is 11.8 Å². The van der Waals surface area contributed by atoms with Gasteiger partial charge in [-0.1, -0.05) is 68.9 Å². The van der Waals surface area contributed by atoms with Gasteiger partial charge in [0.2, 0.25) is 5.78 Å². The summed E-state index contributed by atoms with van der Waals surface area (Å²) in [7, 11) is 0. The molecule has 0 aliphatic heterocycles. The predicted molar refractivity (Wildman–Crippen MR) is 99.5 cm³/mol. The topological polar surface area (TPSA) is 46.0 Å². The summed E-state index contributed by atoms with van der Waals surface area (Å²) >= 11 is 1.72. The van der Waals surface area contributed by atoms with Gasteiger partial charge in [-0.3, -0.25) is 4.40 Å². The second kappa shape index (κ2) is 5.67. The Morgan fingerprint density at radius 2 is 1.79 bits per heavy atom. The molecule has 0 bridgehead atoms. The number of fused-ring (bicyclic) bond motifs is 3. The molecule has 0 fully saturated rings. The number of benzene rings is 2. The summed E-state index contributed by atoms with van der Waals surface area (Å²) in [6.07, 6.45) is 0. The molecule has 2 heterocycles. The van der Waals surface area contributed by atoms with Crippen molar-refractivity contribution in [2.75, 3.05) is 0 Å². The zero-order chi connectivity index (χ0) is 16.7. The number of nitrogens with one attached hydrogen (secondary N) is 1. The molecule has 4 aromatic rings. The van der Waals surface area contributed by atoms with Crippen LogP contribution in [0.25, 0.3) is 16.8 Å². The molecule has 24 heavy (non-hydrogen) atoms. The van der Waals surface area contributed by atoms with Crippen molar-refractivity contribution in [1.29, 1.82) is 0 Å². The van der Waals surface area contributed by atoms with Gasteiger partial charge in [-0.2, -0.15) is 0 Å². The standard InChI is InChI=1S/C19H20N4S/c1-19(2,3)14-10-8-13(9-11-14)12-24-18-22-21-17-20-15-6-4-5-7-16(15)23(17)18/h4-11H,12H2,1-3H3,(H,20,21). The Hall–Kier alpha value is -2.27. The van der Waals surface area contributed by atoms with E-state index in [1.807, 2.05) is 18.2 Å². The zero-order valence-corrected chi connectivity index (χ0v) is 14.9. The first-order valence-corrected chi connectivity index (χ1v) is 9.05. The lowest BCUT2D eigenvalue weighted by molar-refractivity contribution is 0.590. The molecule has 0 aliphatic carbocycles. The van der Waals surface area contributed by atoms with Crippen LogP contribution < -0.4 is 0 Å². The van der Waals surface area contributed by atoms with Crippen LogP contribution in [0.5, 0.6) is 0 Å². The van der Waals surface area contributed by atoms with E-state index >= 15 is 0 Å². The van der Waals surface area contributed by atoms with Crippen LogP contribution in [0, 0.1) is 0 Å². The maximum Gasteiger partial charge on any atom is 0.231 e. The quantitative estimate of drug-likeness (QED) is 0.547. The first-order valence-electron chi connectivity index (χ1n) is 8.06. The van der Waals surface area contributed by atoms with E-state index in [4.69, 9.17) is 0 Å². The predicted octanol–water partition coefficient (Wildman–Crippen LogP) is 4.80. The van der Waals surface area contributed by atoms with Crippen molar-refractivity contribution in [2.45, 2.75) is 37.1 Å². The summed E-state index contributed by atoms with van der Waals surface area (Å²) in [6.45, 7) is 6.71. The minimum absolute atomic E-state index is 0.190. The van der Waals surface area contributed by atoms with E-state index in [0.717, 1.165) is 27.7 Å². The third kappa shape index (κ3) is 2.69. The summed E-state index contributed by atoms with van der Waals surface area (Å²) in [5.41, 5.74) is 4.93. The van der Waals surface area contributed by atoms with Crippen molar-refractivity contribution in [2.24, 2.45) is 0 Å². The molecule has 4 rings (SSSR count). The van der Waals surface area contributed by atoms with Gasteiger partial charge in [0.05, 0.1) is 11.0 Å². The summed E-state index contributed by atoms with van der Waals surface area (Å²) in [6, 6.07) is 17.0. The number of hydrogen-bond donors (Lipinski definition) is 1. The average molecular weight is 336 g/mol. The third-order valence-electron chi connectivity index (χ3n) is 4.19. The molecule has 2 aromatic heterocycles. The van der Waals surface area contributed by atoms with Crippen LogP contribution in [0.1, 0.15) is 31.9 Å². The molecule has 0 saturated heterocycles. The molecule has 1 N–H and O–H groups in total. The molecule has 5 heteroatoms. The Morgan fingerprint density at radius 1 is 1.04 bits per heavy atom. The number of para-hydroxylation sites is 2. The van der Waals surface area contributed by atoms with E-state index in [9.17, 15) is 0 Å². The van der Waals surface area contributed by atoms with Gasteiger partial charge in [0.1, 0.15) is 0 Å². The normalized spacial score (nSPS) is 12.3. The molecular formula is C19H20N4S. The van der Waals surface area contributed by atoms with Crippen molar-refractivity contribution in [1.82, 2.24) is 19.6 Å². The summed E-state index contributed by atoms with van der Waals surface area (Å²) in [5, 5.41) is 8.38. The number of rotatable bonds is 3. The SMILES string of the molecule is CC(C)(C)c1ccc(CSc2n[nH]c3nc4ccccc4n23)cc1. The third-order valence-corrected chi connectivity index (χ3v) is 5.20. The molecule has 122 valence electrons. The Bertz CT molecular complexity index is 990. The van der Waals surface area contributed by atoms with E-state index in [2.05, 4.69) is 70.7 Å². The zero-order valence-electron chi connectivity index (χ0n) is 14.1. The van der Waals surface area contributed by atoms with E-state index in [1.165, 1.54) is 11.1 Å². The number of nitrogens with zero attached hydrogens (tertiary/aromatic N) is 3. The van der Waals surface area contributed by atoms with E-state index < -0.39 is 0 Å². The maximum absolute atomic E-state index is 4.56. The lowest BCUT2D eigenvalue weighted by Crippen LogP contribution is -2.10. The minimum Gasteiger partial charge on any atom is -0.254 e. The Morgan fingerprint density at radius 3 is 2.54 bits per heavy atom. The van der Waals surface area contributed by atoms with Gasteiger partial charge in [-0.25, -0.2) is 10.1 Å². The first-order chi connectivity index (χ1) is 11.5. The van der Waals surface area contributed by atoms with Gasteiger partial charge < -0.3 is 0 Å². The molecule has 0 unspecified atom stereocenters.